The highest BCUT2D eigenvalue weighted by Crippen LogP contribution is 2.47. The smallest absolute Gasteiger partial charge is 0.254 e. The number of carbonyl (C=O) groups is 1. The third kappa shape index (κ3) is 4.14. The molecule has 2 aromatic heterocycles. The minimum absolute atomic E-state index is 0.0873. The van der Waals surface area contributed by atoms with Crippen LogP contribution in [0.2, 0.25) is 0 Å². The largest absolute Gasteiger partial charge is 0.494 e. The maximum atomic E-state index is 13.2. The lowest BCUT2D eigenvalue weighted by Gasteiger charge is -2.21. The number of amides is 1. The van der Waals surface area contributed by atoms with E-state index in [1.807, 2.05) is 43.3 Å². The Balaban J connectivity index is 1.55. The Morgan fingerprint density at radius 3 is 2.68 bits per heavy atom. The fraction of sp³-hybridized carbons (Fsp3) is 0.348. The van der Waals surface area contributed by atoms with Gasteiger partial charge in [0.2, 0.25) is 0 Å². The summed E-state index contributed by atoms with van der Waals surface area (Å²) in [6.45, 7) is 5.47. The summed E-state index contributed by atoms with van der Waals surface area (Å²) in [5.41, 5.74) is 0.583. The number of hydrogen-bond acceptors (Lipinski definition) is 4. The van der Waals surface area contributed by atoms with Gasteiger partial charge in [0, 0.05) is 11.5 Å². The summed E-state index contributed by atoms with van der Waals surface area (Å²) in [7, 11) is 0. The standard InChI is InChI=1S/C23H25NO4/c1-3-26-18-7-4-6-17(13-18)23(25)24(14-19-8-5-11-27-19)15-20-9-10-22(28-20)21-12-16(21)2/h4-11,13,16,21H,3,12,14-15H2,1-2H3. The third-order valence-electron chi connectivity index (χ3n) is 5.11. The summed E-state index contributed by atoms with van der Waals surface area (Å²) in [5, 5.41) is 0. The molecule has 146 valence electrons. The zero-order valence-corrected chi connectivity index (χ0v) is 16.3. The summed E-state index contributed by atoms with van der Waals surface area (Å²) in [5.74, 6) is 4.34. The number of rotatable bonds is 8. The van der Waals surface area contributed by atoms with E-state index in [0.29, 0.717) is 42.8 Å². The maximum absolute atomic E-state index is 13.2. The van der Waals surface area contributed by atoms with Crippen LogP contribution >= 0.6 is 0 Å². The Bertz CT molecular complexity index is 928. The van der Waals surface area contributed by atoms with E-state index in [1.54, 1.807) is 23.3 Å². The minimum atomic E-state index is -0.0873. The van der Waals surface area contributed by atoms with Gasteiger partial charge in [0.05, 0.1) is 26.0 Å². The van der Waals surface area contributed by atoms with Gasteiger partial charge >= 0.3 is 0 Å². The van der Waals surface area contributed by atoms with E-state index in [9.17, 15) is 4.79 Å². The van der Waals surface area contributed by atoms with Crippen molar-refractivity contribution in [3.8, 4) is 5.75 Å². The van der Waals surface area contributed by atoms with Gasteiger partial charge in [0.25, 0.3) is 5.91 Å². The van der Waals surface area contributed by atoms with E-state index >= 15 is 0 Å². The topological polar surface area (TPSA) is 55.8 Å². The highest BCUT2D eigenvalue weighted by molar-refractivity contribution is 5.94. The number of furan rings is 2. The molecule has 1 amide bonds. The van der Waals surface area contributed by atoms with Crippen LogP contribution in [-0.2, 0) is 13.1 Å². The van der Waals surface area contributed by atoms with E-state index in [1.165, 1.54) is 6.42 Å². The van der Waals surface area contributed by atoms with Crippen molar-refractivity contribution in [2.45, 2.75) is 39.3 Å². The summed E-state index contributed by atoms with van der Waals surface area (Å²) in [4.78, 5) is 15.0. The van der Waals surface area contributed by atoms with Crippen LogP contribution in [-0.4, -0.2) is 17.4 Å². The lowest BCUT2D eigenvalue weighted by molar-refractivity contribution is 0.0703. The van der Waals surface area contributed by atoms with Crippen molar-refractivity contribution in [2.24, 2.45) is 5.92 Å². The molecule has 1 aliphatic carbocycles. The zero-order chi connectivity index (χ0) is 19.5. The molecule has 0 N–H and O–H groups in total. The second-order valence-electron chi connectivity index (χ2n) is 7.32. The molecule has 2 heterocycles. The van der Waals surface area contributed by atoms with Gasteiger partial charge in [0.1, 0.15) is 23.0 Å². The summed E-state index contributed by atoms with van der Waals surface area (Å²) in [6, 6.07) is 15.0. The molecule has 28 heavy (non-hydrogen) atoms. The molecule has 4 rings (SSSR count). The van der Waals surface area contributed by atoms with Crippen LogP contribution in [0.25, 0.3) is 0 Å². The van der Waals surface area contributed by atoms with Crippen LogP contribution in [0.1, 0.15) is 53.8 Å². The first-order chi connectivity index (χ1) is 13.6. The molecule has 5 nitrogen and oxygen atoms in total. The van der Waals surface area contributed by atoms with Gasteiger partial charge in [-0.05, 0) is 61.7 Å². The van der Waals surface area contributed by atoms with Gasteiger partial charge in [-0.15, -0.1) is 0 Å². The predicted molar refractivity (Wildman–Crippen MR) is 105 cm³/mol. The molecule has 0 saturated heterocycles. The first kappa shape index (κ1) is 18.4. The summed E-state index contributed by atoms with van der Waals surface area (Å²) < 4.78 is 17.0. The average Bonchev–Trinajstić information content (AvgIpc) is 3.08. The molecular weight excluding hydrogens is 354 g/mol. The minimum Gasteiger partial charge on any atom is -0.494 e. The Morgan fingerprint density at radius 2 is 1.96 bits per heavy atom. The van der Waals surface area contributed by atoms with Crippen molar-refractivity contribution >= 4 is 5.91 Å². The molecule has 0 aliphatic heterocycles. The quantitative estimate of drug-likeness (QED) is 0.537. The molecule has 0 radical (unpaired) electrons. The SMILES string of the molecule is CCOc1cccc(C(=O)N(Cc2ccco2)Cc2ccc(C3CC3C)o2)c1. The maximum Gasteiger partial charge on any atom is 0.254 e. The molecule has 3 aromatic rings. The van der Waals surface area contributed by atoms with Crippen LogP contribution in [0.5, 0.6) is 5.75 Å². The lowest BCUT2D eigenvalue weighted by Crippen LogP contribution is -2.29. The molecule has 1 fully saturated rings. The first-order valence-corrected chi connectivity index (χ1v) is 9.77. The molecule has 1 aromatic carbocycles. The number of carbonyl (C=O) groups excluding carboxylic acids is 1. The monoisotopic (exact) mass is 379 g/mol. The van der Waals surface area contributed by atoms with Crippen molar-refractivity contribution < 1.29 is 18.4 Å². The second kappa shape index (κ2) is 7.97. The molecule has 0 spiro atoms. The molecule has 1 aliphatic rings. The fourth-order valence-corrected chi connectivity index (χ4v) is 3.44. The Hall–Kier alpha value is -2.95. The lowest BCUT2D eigenvalue weighted by atomic mass is 10.1. The third-order valence-corrected chi connectivity index (χ3v) is 5.11. The van der Waals surface area contributed by atoms with Crippen molar-refractivity contribution in [3.05, 3.63) is 77.6 Å². The second-order valence-corrected chi connectivity index (χ2v) is 7.32. The van der Waals surface area contributed by atoms with Crippen LogP contribution < -0.4 is 4.74 Å². The van der Waals surface area contributed by atoms with E-state index in [4.69, 9.17) is 13.6 Å². The van der Waals surface area contributed by atoms with Gasteiger partial charge < -0.3 is 18.5 Å². The van der Waals surface area contributed by atoms with E-state index in [0.717, 1.165) is 17.3 Å². The van der Waals surface area contributed by atoms with Gasteiger partial charge in [-0.2, -0.15) is 0 Å². The molecule has 5 heteroatoms. The Morgan fingerprint density at radius 1 is 1.14 bits per heavy atom. The Labute approximate surface area is 164 Å². The van der Waals surface area contributed by atoms with Gasteiger partial charge in [-0.3, -0.25) is 4.79 Å². The van der Waals surface area contributed by atoms with E-state index in [2.05, 4.69) is 6.92 Å². The summed E-state index contributed by atoms with van der Waals surface area (Å²) in [6.07, 6.45) is 2.79. The van der Waals surface area contributed by atoms with Crippen LogP contribution in [0.15, 0.2) is 63.6 Å². The van der Waals surface area contributed by atoms with Gasteiger partial charge in [-0.25, -0.2) is 0 Å². The highest BCUT2D eigenvalue weighted by Gasteiger charge is 2.36. The van der Waals surface area contributed by atoms with Gasteiger partial charge in [0.15, 0.2) is 0 Å². The van der Waals surface area contributed by atoms with Crippen LogP contribution in [0.4, 0.5) is 0 Å². The van der Waals surface area contributed by atoms with E-state index < -0.39 is 0 Å². The van der Waals surface area contributed by atoms with Crippen molar-refractivity contribution in [3.63, 3.8) is 0 Å². The molecule has 2 unspecified atom stereocenters. The first-order valence-electron chi connectivity index (χ1n) is 9.77. The molecule has 2 atom stereocenters. The fourth-order valence-electron chi connectivity index (χ4n) is 3.44. The van der Waals surface area contributed by atoms with Crippen molar-refractivity contribution in [2.75, 3.05) is 6.61 Å². The number of ether oxygens (including phenoxy) is 1. The normalized spacial score (nSPS) is 18.1. The molecular formula is C23H25NO4. The predicted octanol–water partition coefficient (Wildman–Crippen LogP) is 5.24. The summed E-state index contributed by atoms with van der Waals surface area (Å²) >= 11 is 0. The van der Waals surface area contributed by atoms with Gasteiger partial charge in [-0.1, -0.05) is 13.0 Å². The zero-order valence-electron chi connectivity index (χ0n) is 16.3. The van der Waals surface area contributed by atoms with Crippen LogP contribution in [0.3, 0.4) is 0 Å². The van der Waals surface area contributed by atoms with Crippen molar-refractivity contribution in [1.29, 1.82) is 0 Å². The van der Waals surface area contributed by atoms with E-state index in [-0.39, 0.29) is 5.91 Å². The number of benzene rings is 1. The van der Waals surface area contributed by atoms with Crippen molar-refractivity contribution in [1.82, 2.24) is 4.90 Å². The number of hydrogen-bond donors (Lipinski definition) is 0. The average molecular weight is 379 g/mol. The molecule has 1 saturated carbocycles. The number of nitrogens with zero attached hydrogens (tertiary/aromatic N) is 1. The van der Waals surface area contributed by atoms with Crippen LogP contribution in [0, 0.1) is 5.92 Å². The highest BCUT2D eigenvalue weighted by atomic mass is 16.5. The Kier molecular flexibility index (Phi) is 5.24. The molecule has 0 bridgehead atoms.